The van der Waals surface area contributed by atoms with Gasteiger partial charge in [-0.3, -0.25) is 14.5 Å². The van der Waals surface area contributed by atoms with Gasteiger partial charge in [-0.2, -0.15) is 18.3 Å². The number of alkyl halides is 3. The Labute approximate surface area is 205 Å². The van der Waals surface area contributed by atoms with Crippen LogP contribution < -0.4 is 15.8 Å². The van der Waals surface area contributed by atoms with E-state index >= 15 is 0 Å². The van der Waals surface area contributed by atoms with Crippen LogP contribution in [-0.4, -0.2) is 69.7 Å². The van der Waals surface area contributed by atoms with Crippen molar-refractivity contribution in [2.45, 2.75) is 44.3 Å². The van der Waals surface area contributed by atoms with Gasteiger partial charge in [0.2, 0.25) is 0 Å². The molecule has 1 unspecified atom stereocenters. The largest absolute Gasteiger partial charge is 0.420 e. The summed E-state index contributed by atoms with van der Waals surface area (Å²) in [4.78, 5) is 36.1. The number of aryl methyl sites for hydroxylation is 1. The number of pyridine rings is 1. The summed E-state index contributed by atoms with van der Waals surface area (Å²) >= 11 is 0. The molecule has 0 bridgehead atoms. The number of aromatic nitrogens is 4. The van der Waals surface area contributed by atoms with Crippen molar-refractivity contribution in [3.8, 4) is 0 Å². The Balaban J connectivity index is 1.23. The van der Waals surface area contributed by atoms with Gasteiger partial charge in [0.1, 0.15) is 16.8 Å². The molecule has 9 nitrogen and oxygen atoms in total. The average Bonchev–Trinajstić information content (AvgIpc) is 3.51. The first-order valence-electron chi connectivity index (χ1n) is 12.0. The highest BCUT2D eigenvalue weighted by Gasteiger charge is 2.37. The summed E-state index contributed by atoms with van der Waals surface area (Å²) in [6, 6.07) is 4.08. The molecule has 0 radical (unpaired) electrons. The first-order valence-corrected chi connectivity index (χ1v) is 12.0. The van der Waals surface area contributed by atoms with Gasteiger partial charge in [0, 0.05) is 50.5 Å². The maximum atomic E-state index is 13.2. The minimum Gasteiger partial charge on any atom is -0.370 e. The average molecular weight is 504 g/mol. The Bertz CT molecular complexity index is 1340. The second-order valence-corrected chi connectivity index (χ2v) is 9.47. The van der Waals surface area contributed by atoms with Crippen LogP contribution in [0.2, 0.25) is 0 Å². The van der Waals surface area contributed by atoms with Crippen molar-refractivity contribution in [2.75, 3.05) is 38.1 Å². The predicted octanol–water partition coefficient (Wildman–Crippen LogP) is 2.56. The highest BCUT2D eigenvalue weighted by atomic mass is 19.4. The predicted molar refractivity (Wildman–Crippen MR) is 127 cm³/mol. The highest BCUT2D eigenvalue weighted by Crippen LogP contribution is 2.33. The Morgan fingerprint density at radius 2 is 1.92 bits per heavy atom. The highest BCUT2D eigenvalue weighted by molar-refractivity contribution is 5.92. The molecule has 3 aromatic heterocycles. The molecule has 0 aromatic carbocycles. The van der Waals surface area contributed by atoms with E-state index in [0.29, 0.717) is 23.6 Å². The Hall–Kier alpha value is -3.41. The fourth-order valence-corrected chi connectivity index (χ4v) is 5.44. The lowest BCUT2D eigenvalue weighted by Crippen LogP contribution is -2.44. The Morgan fingerprint density at radius 3 is 2.58 bits per heavy atom. The maximum Gasteiger partial charge on any atom is 0.420 e. The van der Waals surface area contributed by atoms with Crippen LogP contribution in [0.15, 0.2) is 29.3 Å². The van der Waals surface area contributed by atoms with E-state index in [-0.39, 0.29) is 11.8 Å². The van der Waals surface area contributed by atoms with E-state index in [0.717, 1.165) is 61.3 Å². The lowest BCUT2D eigenvalue weighted by molar-refractivity contribution is -0.136. The third-order valence-electron chi connectivity index (χ3n) is 7.33. The van der Waals surface area contributed by atoms with Crippen molar-refractivity contribution in [1.29, 1.82) is 0 Å². The summed E-state index contributed by atoms with van der Waals surface area (Å²) in [5.41, 5.74) is 0.604. The number of piperidine rings is 1. The number of nitrogens with zero attached hydrogens (tertiary/aromatic N) is 5. The van der Waals surface area contributed by atoms with Crippen molar-refractivity contribution in [1.82, 2.24) is 29.8 Å². The van der Waals surface area contributed by atoms with Gasteiger partial charge in [-0.15, -0.1) is 0 Å². The molecule has 3 aromatic rings. The van der Waals surface area contributed by atoms with Crippen molar-refractivity contribution in [3.05, 3.63) is 57.5 Å². The van der Waals surface area contributed by atoms with Gasteiger partial charge in [-0.25, -0.2) is 9.50 Å². The van der Waals surface area contributed by atoms with Crippen LogP contribution in [0.25, 0.3) is 5.52 Å². The summed E-state index contributed by atoms with van der Waals surface area (Å²) in [7, 11) is 1.58. The Morgan fingerprint density at radius 1 is 1.17 bits per heavy atom. The summed E-state index contributed by atoms with van der Waals surface area (Å²) in [6.45, 7) is 5.24. The monoisotopic (exact) mass is 503 g/mol. The molecule has 1 atom stereocenters. The minimum atomic E-state index is -4.63. The van der Waals surface area contributed by atoms with Gasteiger partial charge in [-0.1, -0.05) is 0 Å². The number of carbonyl (C=O) groups is 1. The van der Waals surface area contributed by atoms with Crippen LogP contribution in [-0.2, 0) is 6.18 Å². The smallest absolute Gasteiger partial charge is 0.370 e. The maximum absolute atomic E-state index is 13.2. The number of hydrogen-bond acceptors (Lipinski definition) is 6. The molecule has 0 saturated carbocycles. The standard InChI is InChI=1S/C24H28F3N7O2/c1-14-20(4-3-18(30-14)22(35)28-2)32-9-6-16(7-10-32)33-8-5-15(12-33)19-13-34-21(23(36)31-19)17(11-29-34)24(25,26)27/h3-4,11,13,15-16H,5-10,12H2,1-2H3,(H,28,35)(H,31,36). The number of aromatic amines is 1. The molecular formula is C24H28F3N7O2. The molecule has 2 aliphatic heterocycles. The summed E-state index contributed by atoms with van der Waals surface area (Å²) in [5, 5.41) is 6.37. The van der Waals surface area contributed by atoms with Gasteiger partial charge in [0.15, 0.2) is 0 Å². The van der Waals surface area contributed by atoms with E-state index in [1.54, 1.807) is 13.1 Å². The number of amides is 1. The number of halogens is 3. The SMILES string of the molecule is CNC(=O)c1ccc(N2CCC(N3CCC(c4cn5ncc(C(F)(F)F)c5c(=O)[nH]4)C3)CC2)c(C)n1. The van der Waals surface area contributed by atoms with Crippen LogP contribution in [0.5, 0.6) is 0 Å². The molecule has 12 heteroatoms. The van der Waals surface area contributed by atoms with Crippen molar-refractivity contribution in [3.63, 3.8) is 0 Å². The zero-order valence-corrected chi connectivity index (χ0v) is 20.1. The second kappa shape index (κ2) is 9.23. The molecular weight excluding hydrogens is 475 g/mol. The normalized spacial score (nSPS) is 19.8. The number of H-pyrrole nitrogens is 1. The zero-order valence-electron chi connectivity index (χ0n) is 20.1. The number of carbonyl (C=O) groups excluding carboxylic acids is 1. The van der Waals surface area contributed by atoms with Gasteiger partial charge < -0.3 is 15.2 Å². The van der Waals surface area contributed by atoms with Crippen molar-refractivity contribution < 1.29 is 18.0 Å². The fraction of sp³-hybridized carbons (Fsp3) is 0.500. The third-order valence-corrected chi connectivity index (χ3v) is 7.33. The third kappa shape index (κ3) is 4.45. The summed E-state index contributed by atoms with van der Waals surface area (Å²) in [6.07, 6.45) is 0.336. The van der Waals surface area contributed by atoms with Crippen LogP contribution >= 0.6 is 0 Å². The molecule has 2 saturated heterocycles. The van der Waals surface area contributed by atoms with E-state index in [2.05, 4.69) is 30.2 Å². The van der Waals surface area contributed by atoms with Crippen LogP contribution in [0.3, 0.4) is 0 Å². The fourth-order valence-electron chi connectivity index (χ4n) is 5.44. The molecule has 0 aliphatic carbocycles. The van der Waals surface area contributed by atoms with Crippen molar-refractivity contribution >= 4 is 17.1 Å². The lowest BCUT2D eigenvalue weighted by atomic mass is 10.0. The van der Waals surface area contributed by atoms with E-state index < -0.39 is 22.8 Å². The molecule has 36 heavy (non-hydrogen) atoms. The zero-order chi connectivity index (χ0) is 25.6. The van der Waals surface area contributed by atoms with Crippen LogP contribution in [0, 0.1) is 6.92 Å². The lowest BCUT2D eigenvalue weighted by Gasteiger charge is -2.38. The van der Waals surface area contributed by atoms with Gasteiger partial charge in [-0.05, 0) is 44.9 Å². The van der Waals surface area contributed by atoms with Crippen LogP contribution in [0.4, 0.5) is 18.9 Å². The number of likely N-dealkylation sites (tertiary alicyclic amines) is 1. The number of anilines is 1. The molecule has 2 fully saturated rings. The summed E-state index contributed by atoms with van der Waals surface area (Å²) in [5.74, 6) is -0.178. The number of fused-ring (bicyclic) bond motifs is 1. The second-order valence-electron chi connectivity index (χ2n) is 9.47. The molecule has 2 N–H and O–H groups in total. The number of rotatable bonds is 4. The molecule has 1 amide bonds. The summed E-state index contributed by atoms with van der Waals surface area (Å²) < 4.78 is 40.6. The van der Waals surface area contributed by atoms with E-state index in [1.807, 2.05) is 13.0 Å². The molecule has 192 valence electrons. The van der Waals surface area contributed by atoms with Gasteiger partial charge in [0.05, 0.1) is 17.6 Å². The number of hydrogen-bond donors (Lipinski definition) is 2. The molecule has 5 heterocycles. The quantitative estimate of drug-likeness (QED) is 0.568. The van der Waals surface area contributed by atoms with Crippen molar-refractivity contribution in [2.24, 2.45) is 0 Å². The minimum absolute atomic E-state index is 0.0300. The number of nitrogens with one attached hydrogen (secondary N) is 2. The molecule has 5 rings (SSSR count). The molecule has 0 spiro atoms. The topological polar surface area (TPSA) is 98.6 Å². The van der Waals surface area contributed by atoms with Crippen LogP contribution in [0.1, 0.15) is 52.6 Å². The van der Waals surface area contributed by atoms with Gasteiger partial charge >= 0.3 is 6.18 Å². The van der Waals surface area contributed by atoms with E-state index in [1.165, 1.54) is 6.20 Å². The van der Waals surface area contributed by atoms with E-state index in [9.17, 15) is 22.8 Å². The first-order chi connectivity index (χ1) is 17.2. The van der Waals surface area contributed by atoms with Gasteiger partial charge in [0.25, 0.3) is 11.5 Å². The molecule has 2 aliphatic rings. The Kier molecular flexibility index (Phi) is 6.23. The first kappa shape index (κ1) is 24.3. The van der Waals surface area contributed by atoms with E-state index in [4.69, 9.17) is 0 Å².